The Hall–Kier alpha value is -2.61. The third kappa shape index (κ3) is 3.37. The summed E-state index contributed by atoms with van der Waals surface area (Å²) in [5, 5.41) is 7.82. The molecular formula is C19H24N4O4. The van der Waals surface area contributed by atoms with Crippen LogP contribution in [-0.4, -0.2) is 59.5 Å². The van der Waals surface area contributed by atoms with E-state index in [1.54, 1.807) is 23.9 Å². The van der Waals surface area contributed by atoms with Crippen molar-refractivity contribution < 1.29 is 19.1 Å². The van der Waals surface area contributed by atoms with Crippen molar-refractivity contribution in [1.29, 1.82) is 0 Å². The van der Waals surface area contributed by atoms with E-state index in [4.69, 9.17) is 9.47 Å². The Morgan fingerprint density at radius 3 is 2.70 bits per heavy atom. The number of methoxy groups -OCH3 is 1. The quantitative estimate of drug-likeness (QED) is 0.653. The standard InChI is InChI=1S/C19H24N4O4/c1-3-23-16-10-13(26-2)4-5-14(16)17(21-23)18(24)27-19(25)20-15-11-22-8-6-12(15)7-9-22/h4-5,10,12,15H,3,6-9,11H2,1-2H3,(H,20,25)/t15-/m1/s1. The maximum absolute atomic E-state index is 12.6. The van der Waals surface area contributed by atoms with Gasteiger partial charge in [-0.05, 0) is 50.9 Å². The molecule has 1 amide bonds. The third-order valence-corrected chi connectivity index (χ3v) is 5.60. The molecule has 144 valence electrons. The summed E-state index contributed by atoms with van der Waals surface area (Å²) in [7, 11) is 1.59. The highest BCUT2D eigenvalue weighted by Gasteiger charge is 2.35. The van der Waals surface area contributed by atoms with Crippen molar-refractivity contribution in [1.82, 2.24) is 20.0 Å². The van der Waals surface area contributed by atoms with Gasteiger partial charge in [0.1, 0.15) is 5.75 Å². The van der Waals surface area contributed by atoms with Gasteiger partial charge in [0.25, 0.3) is 0 Å². The fourth-order valence-corrected chi connectivity index (χ4v) is 4.11. The topological polar surface area (TPSA) is 85.7 Å². The zero-order valence-corrected chi connectivity index (χ0v) is 15.6. The van der Waals surface area contributed by atoms with Crippen LogP contribution in [0.25, 0.3) is 10.9 Å². The van der Waals surface area contributed by atoms with Crippen molar-refractivity contribution in [3.05, 3.63) is 23.9 Å². The molecule has 1 atom stereocenters. The lowest BCUT2D eigenvalue weighted by atomic mass is 9.84. The molecule has 8 nitrogen and oxygen atoms in total. The van der Waals surface area contributed by atoms with E-state index in [0.717, 1.165) is 38.0 Å². The van der Waals surface area contributed by atoms with Gasteiger partial charge in [0.2, 0.25) is 0 Å². The molecule has 0 spiro atoms. The molecule has 0 saturated carbocycles. The van der Waals surface area contributed by atoms with Gasteiger partial charge in [0.05, 0.1) is 12.6 Å². The number of hydrogen-bond donors (Lipinski definition) is 1. The first-order valence-corrected chi connectivity index (χ1v) is 9.38. The summed E-state index contributed by atoms with van der Waals surface area (Å²) < 4.78 is 12.0. The molecular weight excluding hydrogens is 348 g/mol. The van der Waals surface area contributed by atoms with Crippen LogP contribution in [0.5, 0.6) is 5.75 Å². The average Bonchev–Trinajstić information content (AvgIpc) is 3.06. The van der Waals surface area contributed by atoms with Gasteiger partial charge in [-0.25, -0.2) is 9.59 Å². The number of nitrogens with one attached hydrogen (secondary N) is 1. The van der Waals surface area contributed by atoms with Crippen LogP contribution in [0.4, 0.5) is 4.79 Å². The molecule has 5 rings (SSSR count). The second-order valence-electron chi connectivity index (χ2n) is 7.11. The minimum atomic E-state index is -0.740. The second-order valence-corrected chi connectivity index (χ2v) is 7.11. The van der Waals surface area contributed by atoms with Crippen molar-refractivity contribution in [2.24, 2.45) is 5.92 Å². The van der Waals surface area contributed by atoms with Crippen LogP contribution in [0, 0.1) is 5.92 Å². The number of ether oxygens (including phenoxy) is 2. The van der Waals surface area contributed by atoms with E-state index in [0.29, 0.717) is 23.6 Å². The number of piperidine rings is 3. The SMILES string of the molecule is CCn1nc(C(=O)OC(=O)N[C@@H]2CN3CCC2CC3)c2ccc(OC)cc21. The summed E-state index contributed by atoms with van der Waals surface area (Å²) in [5.41, 5.74) is 0.903. The van der Waals surface area contributed by atoms with E-state index in [1.165, 1.54) is 0 Å². The Morgan fingerprint density at radius 2 is 2.07 bits per heavy atom. The van der Waals surface area contributed by atoms with Crippen LogP contribution >= 0.6 is 0 Å². The summed E-state index contributed by atoms with van der Waals surface area (Å²) in [4.78, 5) is 27.1. The molecule has 27 heavy (non-hydrogen) atoms. The lowest BCUT2D eigenvalue weighted by molar-refractivity contribution is 0.0519. The van der Waals surface area contributed by atoms with E-state index in [2.05, 4.69) is 15.3 Å². The van der Waals surface area contributed by atoms with Gasteiger partial charge in [-0.3, -0.25) is 4.68 Å². The number of esters is 1. The zero-order chi connectivity index (χ0) is 19.0. The number of amides is 1. The van der Waals surface area contributed by atoms with Crippen molar-refractivity contribution in [3.8, 4) is 5.75 Å². The monoisotopic (exact) mass is 372 g/mol. The van der Waals surface area contributed by atoms with Gasteiger partial charge in [-0.1, -0.05) is 0 Å². The average molecular weight is 372 g/mol. The molecule has 3 saturated heterocycles. The van der Waals surface area contributed by atoms with E-state index in [1.807, 2.05) is 13.0 Å². The number of rotatable bonds is 4. The van der Waals surface area contributed by atoms with Gasteiger partial charge >= 0.3 is 12.1 Å². The smallest absolute Gasteiger partial charge is 0.415 e. The molecule has 0 radical (unpaired) electrons. The summed E-state index contributed by atoms with van der Waals surface area (Å²) in [6.07, 6.45) is 1.45. The number of fused-ring (bicyclic) bond motifs is 4. The zero-order valence-electron chi connectivity index (χ0n) is 15.6. The Morgan fingerprint density at radius 1 is 1.30 bits per heavy atom. The fourth-order valence-electron chi connectivity index (χ4n) is 4.11. The van der Waals surface area contributed by atoms with Crippen LogP contribution in [0.15, 0.2) is 18.2 Å². The molecule has 3 aliphatic heterocycles. The van der Waals surface area contributed by atoms with Gasteiger partial charge in [0.15, 0.2) is 5.69 Å². The van der Waals surface area contributed by atoms with Gasteiger partial charge < -0.3 is 19.7 Å². The van der Waals surface area contributed by atoms with E-state index < -0.39 is 12.1 Å². The lowest BCUT2D eigenvalue weighted by Gasteiger charge is -2.44. The Labute approximate surface area is 157 Å². The summed E-state index contributed by atoms with van der Waals surface area (Å²) in [6.45, 7) is 5.51. The first-order chi connectivity index (χ1) is 13.1. The molecule has 1 aromatic carbocycles. The minimum absolute atomic E-state index is 0.0435. The number of aryl methyl sites for hydroxylation is 1. The highest BCUT2D eigenvalue weighted by atomic mass is 16.6. The molecule has 0 aliphatic carbocycles. The fraction of sp³-hybridized carbons (Fsp3) is 0.526. The number of carbonyl (C=O) groups is 2. The second kappa shape index (κ2) is 7.19. The maximum Gasteiger partial charge on any atom is 0.415 e. The molecule has 3 fully saturated rings. The summed E-state index contributed by atoms with van der Waals surface area (Å²) in [5.74, 6) is 0.401. The Kier molecular flexibility index (Phi) is 4.73. The maximum atomic E-state index is 12.6. The van der Waals surface area contributed by atoms with Gasteiger partial charge in [-0.15, -0.1) is 0 Å². The summed E-state index contributed by atoms with van der Waals surface area (Å²) >= 11 is 0. The van der Waals surface area contributed by atoms with Crippen LogP contribution in [0.3, 0.4) is 0 Å². The first kappa shape index (κ1) is 17.8. The van der Waals surface area contributed by atoms with Crippen LogP contribution < -0.4 is 10.1 Å². The van der Waals surface area contributed by atoms with Crippen molar-refractivity contribution >= 4 is 23.0 Å². The molecule has 0 unspecified atom stereocenters. The number of hydrogen-bond acceptors (Lipinski definition) is 6. The van der Waals surface area contributed by atoms with Crippen molar-refractivity contribution in [2.75, 3.05) is 26.7 Å². The molecule has 4 heterocycles. The van der Waals surface area contributed by atoms with Gasteiger partial charge in [-0.2, -0.15) is 5.10 Å². The highest BCUT2D eigenvalue weighted by molar-refractivity contribution is 6.05. The highest BCUT2D eigenvalue weighted by Crippen LogP contribution is 2.28. The van der Waals surface area contributed by atoms with E-state index in [9.17, 15) is 9.59 Å². The molecule has 1 N–H and O–H groups in total. The van der Waals surface area contributed by atoms with Crippen LogP contribution in [0.1, 0.15) is 30.3 Å². The lowest BCUT2D eigenvalue weighted by Crippen LogP contribution is -2.57. The minimum Gasteiger partial charge on any atom is -0.497 e. The molecule has 3 aliphatic rings. The number of aromatic nitrogens is 2. The Balaban J connectivity index is 1.48. The van der Waals surface area contributed by atoms with Crippen molar-refractivity contribution in [3.63, 3.8) is 0 Å². The molecule has 8 heteroatoms. The van der Waals surface area contributed by atoms with Crippen molar-refractivity contribution in [2.45, 2.75) is 32.4 Å². The largest absolute Gasteiger partial charge is 0.497 e. The molecule has 1 aromatic heterocycles. The number of alkyl carbamates (subject to hydrolysis) is 1. The van der Waals surface area contributed by atoms with E-state index >= 15 is 0 Å². The third-order valence-electron chi connectivity index (χ3n) is 5.60. The van der Waals surface area contributed by atoms with Crippen LogP contribution in [0.2, 0.25) is 0 Å². The number of nitrogens with zero attached hydrogens (tertiary/aromatic N) is 3. The Bertz CT molecular complexity index is 870. The normalized spacial score (nSPS) is 24.0. The summed E-state index contributed by atoms with van der Waals surface area (Å²) in [6, 6.07) is 5.38. The van der Waals surface area contributed by atoms with E-state index in [-0.39, 0.29) is 11.7 Å². The first-order valence-electron chi connectivity index (χ1n) is 9.38. The predicted molar refractivity (Wildman–Crippen MR) is 98.9 cm³/mol. The molecule has 2 aromatic rings. The predicted octanol–water partition coefficient (Wildman–Crippen LogP) is 2.03. The number of carbonyl (C=O) groups excluding carboxylic acids is 2. The molecule has 2 bridgehead atoms. The van der Waals surface area contributed by atoms with Crippen LogP contribution in [-0.2, 0) is 11.3 Å². The number of benzene rings is 1. The van der Waals surface area contributed by atoms with Gasteiger partial charge in [0, 0.05) is 30.6 Å².